The molecule has 20 heavy (non-hydrogen) atoms. The molecule has 0 saturated carbocycles. The summed E-state index contributed by atoms with van der Waals surface area (Å²) in [6.45, 7) is 6.52. The van der Waals surface area contributed by atoms with Crippen LogP contribution in [0.4, 0.5) is 0 Å². The van der Waals surface area contributed by atoms with Crippen LogP contribution in [0.5, 0.6) is 0 Å². The first-order valence-electron chi connectivity index (χ1n) is 7.37. The molecule has 114 valence electrons. The minimum atomic E-state index is -0.380. The van der Waals surface area contributed by atoms with Gasteiger partial charge in [-0.25, -0.2) is 0 Å². The number of hydrogen-bond donors (Lipinski definition) is 1. The van der Waals surface area contributed by atoms with E-state index in [1.807, 2.05) is 6.92 Å². The van der Waals surface area contributed by atoms with Gasteiger partial charge in [-0.3, -0.25) is 0 Å². The van der Waals surface area contributed by atoms with Crippen molar-refractivity contribution in [2.24, 2.45) is 0 Å². The summed E-state index contributed by atoms with van der Waals surface area (Å²) in [5.74, 6) is 1.30. The fourth-order valence-electron chi connectivity index (χ4n) is 2.46. The Hall–Kier alpha value is -0.980. The number of aromatic nitrogens is 2. The second-order valence-electron chi connectivity index (χ2n) is 5.51. The molecule has 1 aliphatic heterocycles. The number of nitrogens with one attached hydrogen (secondary N) is 1. The second kappa shape index (κ2) is 7.15. The van der Waals surface area contributed by atoms with Crippen LogP contribution < -0.4 is 5.32 Å². The van der Waals surface area contributed by atoms with Crippen LogP contribution in [-0.2, 0) is 21.5 Å². The summed E-state index contributed by atoms with van der Waals surface area (Å²) in [7, 11) is 1.70. The lowest BCUT2D eigenvalue weighted by Gasteiger charge is -2.17. The summed E-state index contributed by atoms with van der Waals surface area (Å²) in [5, 5.41) is 7.51. The summed E-state index contributed by atoms with van der Waals surface area (Å²) in [6, 6.07) is 0.200. The van der Waals surface area contributed by atoms with Gasteiger partial charge < -0.3 is 19.3 Å². The fourth-order valence-corrected chi connectivity index (χ4v) is 2.46. The highest BCUT2D eigenvalue weighted by Crippen LogP contribution is 2.33. The molecular weight excluding hydrogens is 258 g/mol. The lowest BCUT2D eigenvalue weighted by atomic mass is 10.0. The van der Waals surface area contributed by atoms with E-state index >= 15 is 0 Å². The van der Waals surface area contributed by atoms with Crippen LogP contribution in [0.25, 0.3) is 0 Å². The van der Waals surface area contributed by atoms with E-state index in [9.17, 15) is 0 Å². The third-order valence-corrected chi connectivity index (χ3v) is 3.63. The Kier molecular flexibility index (Phi) is 5.51. The molecule has 1 aromatic rings. The molecule has 2 unspecified atom stereocenters. The molecule has 0 amide bonds. The predicted octanol–water partition coefficient (Wildman–Crippen LogP) is 1.65. The van der Waals surface area contributed by atoms with E-state index < -0.39 is 0 Å². The van der Waals surface area contributed by atoms with Crippen molar-refractivity contribution in [1.29, 1.82) is 0 Å². The molecule has 0 bridgehead atoms. The zero-order chi connectivity index (χ0) is 14.4. The van der Waals surface area contributed by atoms with E-state index in [1.54, 1.807) is 7.11 Å². The highest BCUT2D eigenvalue weighted by molar-refractivity contribution is 5.02. The largest absolute Gasteiger partial charge is 0.383 e. The fraction of sp³-hybridized carbons (Fsp3) is 0.857. The summed E-state index contributed by atoms with van der Waals surface area (Å²) in [4.78, 5) is 4.50. The first-order valence-corrected chi connectivity index (χ1v) is 7.37. The molecule has 1 fully saturated rings. The standard InChI is InChI=1S/C14H25N3O3/c1-4-7-15-11(10-18-3)9-12-16-13(17-20-12)14(2)6-5-8-19-14/h11,15H,4-10H2,1-3H3. The third-order valence-electron chi connectivity index (χ3n) is 3.63. The van der Waals surface area contributed by atoms with Gasteiger partial charge in [-0.05, 0) is 32.7 Å². The zero-order valence-electron chi connectivity index (χ0n) is 12.6. The van der Waals surface area contributed by atoms with Gasteiger partial charge in [-0.2, -0.15) is 4.98 Å². The molecule has 1 N–H and O–H groups in total. The van der Waals surface area contributed by atoms with Crippen LogP contribution in [0, 0.1) is 0 Å². The van der Waals surface area contributed by atoms with Crippen molar-refractivity contribution in [1.82, 2.24) is 15.5 Å². The Morgan fingerprint density at radius 2 is 2.35 bits per heavy atom. The monoisotopic (exact) mass is 283 g/mol. The highest BCUT2D eigenvalue weighted by atomic mass is 16.5. The van der Waals surface area contributed by atoms with Gasteiger partial charge in [0.05, 0.1) is 6.61 Å². The quantitative estimate of drug-likeness (QED) is 0.782. The smallest absolute Gasteiger partial charge is 0.228 e. The molecule has 6 heteroatoms. The molecule has 6 nitrogen and oxygen atoms in total. The highest BCUT2D eigenvalue weighted by Gasteiger charge is 2.36. The minimum absolute atomic E-state index is 0.200. The van der Waals surface area contributed by atoms with Crippen molar-refractivity contribution < 1.29 is 14.0 Å². The van der Waals surface area contributed by atoms with Crippen molar-refractivity contribution in [3.8, 4) is 0 Å². The molecule has 2 atom stereocenters. The van der Waals surface area contributed by atoms with Crippen LogP contribution in [0.2, 0.25) is 0 Å². The first-order chi connectivity index (χ1) is 9.68. The molecule has 0 aromatic carbocycles. The van der Waals surface area contributed by atoms with Gasteiger partial charge in [0.1, 0.15) is 5.60 Å². The Bertz CT molecular complexity index is 402. The van der Waals surface area contributed by atoms with E-state index in [1.165, 1.54) is 0 Å². The normalized spacial score (nSPS) is 24.1. The number of rotatable bonds is 8. The van der Waals surface area contributed by atoms with Crippen LogP contribution in [0.3, 0.4) is 0 Å². The first kappa shape index (κ1) is 15.4. The zero-order valence-corrected chi connectivity index (χ0v) is 12.6. The Labute approximate surface area is 120 Å². The molecule has 1 saturated heterocycles. The van der Waals surface area contributed by atoms with Crippen molar-refractivity contribution in [2.75, 3.05) is 26.9 Å². The lowest BCUT2D eigenvalue weighted by Crippen LogP contribution is -2.35. The maximum absolute atomic E-state index is 5.73. The minimum Gasteiger partial charge on any atom is -0.383 e. The van der Waals surface area contributed by atoms with Crippen molar-refractivity contribution in [3.05, 3.63) is 11.7 Å². The van der Waals surface area contributed by atoms with Gasteiger partial charge in [-0.1, -0.05) is 12.1 Å². The SMILES string of the molecule is CCCNC(COC)Cc1nc(C2(C)CCCO2)no1. The average Bonchev–Trinajstić information content (AvgIpc) is 3.06. The van der Waals surface area contributed by atoms with Gasteiger partial charge in [0, 0.05) is 26.2 Å². The maximum Gasteiger partial charge on any atom is 0.228 e. The number of ether oxygens (including phenoxy) is 2. The molecule has 0 spiro atoms. The Morgan fingerprint density at radius 3 is 3.00 bits per heavy atom. The molecule has 2 heterocycles. The average molecular weight is 283 g/mol. The lowest BCUT2D eigenvalue weighted by molar-refractivity contribution is 0.00768. The van der Waals surface area contributed by atoms with Gasteiger partial charge in [0.2, 0.25) is 11.7 Å². The summed E-state index contributed by atoms with van der Waals surface area (Å²) in [6.07, 6.45) is 3.75. The topological polar surface area (TPSA) is 69.4 Å². The van der Waals surface area contributed by atoms with Crippen molar-refractivity contribution in [2.45, 2.75) is 51.2 Å². The molecular formula is C14H25N3O3. The van der Waals surface area contributed by atoms with E-state index in [0.29, 0.717) is 24.7 Å². The second-order valence-corrected chi connectivity index (χ2v) is 5.51. The van der Waals surface area contributed by atoms with Crippen LogP contribution in [0.1, 0.15) is 44.8 Å². The molecule has 2 rings (SSSR count). The summed E-state index contributed by atoms with van der Waals surface area (Å²) < 4.78 is 16.3. The maximum atomic E-state index is 5.73. The van der Waals surface area contributed by atoms with Crippen LogP contribution >= 0.6 is 0 Å². The van der Waals surface area contributed by atoms with Crippen LogP contribution in [-0.4, -0.2) is 43.1 Å². The third kappa shape index (κ3) is 3.77. The number of nitrogens with zero attached hydrogens (tertiary/aromatic N) is 2. The van der Waals surface area contributed by atoms with Crippen molar-refractivity contribution in [3.63, 3.8) is 0 Å². The van der Waals surface area contributed by atoms with Crippen LogP contribution in [0.15, 0.2) is 4.52 Å². The number of methoxy groups -OCH3 is 1. The van der Waals surface area contributed by atoms with E-state index in [-0.39, 0.29) is 11.6 Å². The molecule has 1 aliphatic rings. The molecule has 1 aromatic heterocycles. The van der Waals surface area contributed by atoms with Gasteiger partial charge in [-0.15, -0.1) is 0 Å². The summed E-state index contributed by atoms with van der Waals surface area (Å²) in [5.41, 5.74) is -0.380. The van der Waals surface area contributed by atoms with Gasteiger partial charge >= 0.3 is 0 Å². The summed E-state index contributed by atoms with van der Waals surface area (Å²) >= 11 is 0. The Balaban J connectivity index is 1.96. The predicted molar refractivity (Wildman–Crippen MR) is 74.5 cm³/mol. The Morgan fingerprint density at radius 1 is 1.50 bits per heavy atom. The van der Waals surface area contributed by atoms with E-state index in [2.05, 4.69) is 22.4 Å². The van der Waals surface area contributed by atoms with E-state index in [4.69, 9.17) is 14.0 Å². The molecule has 0 aliphatic carbocycles. The van der Waals surface area contributed by atoms with E-state index in [0.717, 1.165) is 32.4 Å². The van der Waals surface area contributed by atoms with Crippen molar-refractivity contribution >= 4 is 0 Å². The van der Waals surface area contributed by atoms with Gasteiger partial charge in [0.15, 0.2) is 0 Å². The number of hydrogen-bond acceptors (Lipinski definition) is 6. The van der Waals surface area contributed by atoms with Gasteiger partial charge in [0.25, 0.3) is 0 Å². The molecule has 0 radical (unpaired) electrons.